The molecule has 0 aliphatic heterocycles. The first-order valence-corrected chi connectivity index (χ1v) is 7.78. The Hall–Kier alpha value is -2.54. The summed E-state index contributed by atoms with van der Waals surface area (Å²) in [7, 11) is 4.60. The van der Waals surface area contributed by atoms with Crippen molar-refractivity contribution in [1.29, 1.82) is 0 Å². The van der Waals surface area contributed by atoms with Crippen molar-refractivity contribution in [3.8, 4) is 17.2 Å². The molecular weight excluding hydrogens is 376 g/mol. The van der Waals surface area contributed by atoms with Gasteiger partial charge in [0.1, 0.15) is 5.75 Å². The molecule has 0 atom stereocenters. The van der Waals surface area contributed by atoms with Crippen molar-refractivity contribution in [1.82, 2.24) is 5.43 Å². The van der Waals surface area contributed by atoms with E-state index in [0.717, 1.165) is 4.47 Å². The third kappa shape index (κ3) is 4.05. The molecule has 0 spiro atoms. The molecule has 1 amide bonds. The average molecular weight is 393 g/mol. The zero-order chi connectivity index (χ0) is 17.5. The highest BCUT2D eigenvalue weighted by Crippen LogP contribution is 2.33. The van der Waals surface area contributed by atoms with Crippen molar-refractivity contribution < 1.29 is 19.0 Å². The van der Waals surface area contributed by atoms with Gasteiger partial charge in [0.25, 0.3) is 5.91 Å². The van der Waals surface area contributed by atoms with Crippen molar-refractivity contribution >= 4 is 28.1 Å². The third-order valence-corrected chi connectivity index (χ3v) is 3.65. The van der Waals surface area contributed by atoms with Gasteiger partial charge in [-0.05, 0) is 24.3 Å². The van der Waals surface area contributed by atoms with E-state index in [1.165, 1.54) is 20.4 Å². The van der Waals surface area contributed by atoms with Gasteiger partial charge in [0.2, 0.25) is 0 Å². The van der Waals surface area contributed by atoms with Gasteiger partial charge < -0.3 is 14.2 Å². The molecular formula is C17H17BrN2O4. The van der Waals surface area contributed by atoms with Gasteiger partial charge in [-0.15, -0.1) is 0 Å². The molecule has 0 saturated carbocycles. The minimum absolute atomic E-state index is 0.371. The first-order chi connectivity index (χ1) is 11.6. The summed E-state index contributed by atoms with van der Waals surface area (Å²) in [6.45, 7) is 0. The molecule has 0 unspecified atom stereocenters. The number of para-hydroxylation sites is 1. The molecule has 0 heterocycles. The van der Waals surface area contributed by atoms with Crippen molar-refractivity contribution in [2.75, 3.05) is 21.3 Å². The van der Waals surface area contributed by atoms with Crippen molar-refractivity contribution in [2.24, 2.45) is 5.10 Å². The molecule has 6 nitrogen and oxygen atoms in total. The van der Waals surface area contributed by atoms with Gasteiger partial charge in [0.05, 0.1) is 33.1 Å². The van der Waals surface area contributed by atoms with Gasteiger partial charge in [-0.3, -0.25) is 4.79 Å². The number of hydrogen-bond acceptors (Lipinski definition) is 5. The molecule has 0 saturated heterocycles. The predicted octanol–water partition coefficient (Wildman–Crippen LogP) is 3.24. The van der Waals surface area contributed by atoms with Crippen molar-refractivity contribution in [2.45, 2.75) is 0 Å². The number of hydrogen-bond donors (Lipinski definition) is 1. The van der Waals surface area contributed by atoms with E-state index in [0.29, 0.717) is 28.4 Å². The Bertz CT molecular complexity index is 762. The van der Waals surface area contributed by atoms with E-state index in [2.05, 4.69) is 26.5 Å². The monoisotopic (exact) mass is 392 g/mol. The second kappa shape index (κ2) is 8.35. The number of hydrazone groups is 1. The molecule has 0 aliphatic rings. The highest BCUT2D eigenvalue weighted by Gasteiger charge is 2.12. The highest BCUT2D eigenvalue weighted by molar-refractivity contribution is 9.10. The number of nitrogens with one attached hydrogen (secondary N) is 1. The number of carbonyl (C=O) groups is 1. The number of halogens is 1. The van der Waals surface area contributed by atoms with Crippen LogP contribution < -0.4 is 19.6 Å². The summed E-state index contributed by atoms with van der Waals surface area (Å²) in [4.78, 5) is 12.2. The maximum absolute atomic E-state index is 12.2. The van der Waals surface area contributed by atoms with Crippen LogP contribution in [0.4, 0.5) is 0 Å². The van der Waals surface area contributed by atoms with Gasteiger partial charge in [-0.1, -0.05) is 28.1 Å². The molecule has 126 valence electrons. The summed E-state index contributed by atoms with van der Waals surface area (Å²) >= 11 is 3.39. The summed E-state index contributed by atoms with van der Waals surface area (Å²) in [5.41, 5.74) is 3.52. The number of methoxy groups -OCH3 is 3. The minimum atomic E-state index is -0.371. The van der Waals surface area contributed by atoms with Crippen LogP contribution in [-0.2, 0) is 0 Å². The van der Waals surface area contributed by atoms with E-state index in [9.17, 15) is 4.79 Å². The van der Waals surface area contributed by atoms with Crippen LogP contribution in [-0.4, -0.2) is 33.5 Å². The normalized spacial score (nSPS) is 10.5. The third-order valence-electron chi connectivity index (χ3n) is 3.19. The fraction of sp³-hybridized carbons (Fsp3) is 0.176. The Labute approximate surface area is 148 Å². The Morgan fingerprint density at radius 3 is 2.46 bits per heavy atom. The lowest BCUT2D eigenvalue weighted by Gasteiger charge is -2.11. The highest BCUT2D eigenvalue weighted by atomic mass is 79.9. The Balaban J connectivity index is 2.20. The molecule has 2 rings (SSSR count). The summed E-state index contributed by atoms with van der Waals surface area (Å²) in [6.07, 6.45) is 1.49. The van der Waals surface area contributed by atoms with Crippen LogP contribution in [0.25, 0.3) is 0 Å². The standard InChI is InChI=1S/C17H17BrN2O4/c1-22-14-7-5-4-6-13(14)17(21)20-19-10-11-8-12(18)9-15(23-2)16(11)24-3/h4-10H,1-3H3,(H,20,21)/b19-10+. The lowest BCUT2D eigenvalue weighted by Crippen LogP contribution is -2.18. The maximum atomic E-state index is 12.2. The van der Waals surface area contributed by atoms with Crippen LogP contribution in [0.2, 0.25) is 0 Å². The molecule has 0 aliphatic carbocycles. The summed E-state index contributed by atoms with van der Waals surface area (Å²) < 4.78 is 16.6. The lowest BCUT2D eigenvalue weighted by molar-refractivity contribution is 0.0952. The quantitative estimate of drug-likeness (QED) is 0.605. The van der Waals surface area contributed by atoms with Gasteiger partial charge in [0, 0.05) is 10.0 Å². The summed E-state index contributed by atoms with van der Waals surface area (Å²) in [5.74, 6) is 1.19. The van der Waals surface area contributed by atoms with Gasteiger partial charge >= 0.3 is 0 Å². The molecule has 0 bridgehead atoms. The molecule has 2 aromatic carbocycles. The van der Waals surface area contributed by atoms with E-state index in [4.69, 9.17) is 14.2 Å². The van der Waals surface area contributed by atoms with Crippen molar-refractivity contribution in [3.63, 3.8) is 0 Å². The van der Waals surface area contributed by atoms with Crippen LogP contribution in [0.15, 0.2) is 46.0 Å². The second-order valence-electron chi connectivity index (χ2n) is 4.63. The molecule has 7 heteroatoms. The Kier molecular flexibility index (Phi) is 6.20. The van der Waals surface area contributed by atoms with Gasteiger partial charge in [-0.2, -0.15) is 5.10 Å². The van der Waals surface area contributed by atoms with E-state index < -0.39 is 0 Å². The number of benzene rings is 2. The fourth-order valence-corrected chi connectivity index (χ4v) is 2.56. The molecule has 1 N–H and O–H groups in total. The molecule has 0 aromatic heterocycles. The maximum Gasteiger partial charge on any atom is 0.275 e. The van der Waals surface area contributed by atoms with E-state index in [-0.39, 0.29) is 5.91 Å². The van der Waals surface area contributed by atoms with Crippen LogP contribution in [0.1, 0.15) is 15.9 Å². The number of nitrogens with zero attached hydrogens (tertiary/aromatic N) is 1. The van der Waals surface area contributed by atoms with Crippen LogP contribution >= 0.6 is 15.9 Å². The van der Waals surface area contributed by atoms with E-state index in [1.54, 1.807) is 43.5 Å². The molecule has 2 aromatic rings. The van der Waals surface area contributed by atoms with Crippen LogP contribution in [0.5, 0.6) is 17.2 Å². The molecule has 0 radical (unpaired) electrons. The smallest absolute Gasteiger partial charge is 0.275 e. The Morgan fingerprint density at radius 2 is 1.79 bits per heavy atom. The number of rotatable bonds is 6. The zero-order valence-electron chi connectivity index (χ0n) is 13.5. The summed E-state index contributed by atoms with van der Waals surface area (Å²) in [5, 5.41) is 3.98. The number of amides is 1. The van der Waals surface area contributed by atoms with E-state index >= 15 is 0 Å². The van der Waals surface area contributed by atoms with Gasteiger partial charge in [0.15, 0.2) is 11.5 Å². The first-order valence-electron chi connectivity index (χ1n) is 6.98. The second-order valence-corrected chi connectivity index (χ2v) is 5.55. The predicted molar refractivity (Wildman–Crippen MR) is 95.3 cm³/mol. The number of ether oxygens (including phenoxy) is 3. The topological polar surface area (TPSA) is 69.2 Å². The average Bonchev–Trinajstić information content (AvgIpc) is 2.60. The zero-order valence-corrected chi connectivity index (χ0v) is 15.1. The first kappa shape index (κ1) is 17.8. The minimum Gasteiger partial charge on any atom is -0.496 e. The van der Waals surface area contributed by atoms with E-state index in [1.807, 2.05) is 0 Å². The van der Waals surface area contributed by atoms with Crippen LogP contribution in [0.3, 0.4) is 0 Å². The largest absolute Gasteiger partial charge is 0.496 e. The summed E-state index contributed by atoms with van der Waals surface area (Å²) in [6, 6.07) is 10.5. The fourth-order valence-electron chi connectivity index (χ4n) is 2.11. The number of carbonyl (C=O) groups excluding carboxylic acids is 1. The molecule has 0 fully saturated rings. The van der Waals surface area contributed by atoms with Gasteiger partial charge in [-0.25, -0.2) is 5.43 Å². The van der Waals surface area contributed by atoms with Crippen molar-refractivity contribution in [3.05, 3.63) is 52.0 Å². The van der Waals surface area contributed by atoms with Crippen LogP contribution in [0, 0.1) is 0 Å². The lowest BCUT2D eigenvalue weighted by atomic mass is 10.2. The SMILES string of the molecule is COc1ccccc1C(=O)N/N=C/c1cc(Br)cc(OC)c1OC. The Morgan fingerprint density at radius 1 is 1.08 bits per heavy atom. The molecule has 24 heavy (non-hydrogen) atoms.